The van der Waals surface area contributed by atoms with Crippen molar-refractivity contribution in [2.24, 2.45) is 0 Å². The molecule has 0 saturated carbocycles. The predicted molar refractivity (Wildman–Crippen MR) is 66.4 cm³/mol. The zero-order chi connectivity index (χ0) is 13.1. The molecule has 18 heavy (non-hydrogen) atoms. The first-order valence-electron chi connectivity index (χ1n) is 5.85. The molecule has 1 atom stereocenters. The Labute approximate surface area is 106 Å². The van der Waals surface area contributed by atoms with E-state index in [-0.39, 0.29) is 0 Å². The van der Waals surface area contributed by atoms with E-state index in [1.54, 1.807) is 14.2 Å². The molecule has 1 aliphatic rings. The van der Waals surface area contributed by atoms with E-state index in [0.29, 0.717) is 24.5 Å². The molecule has 5 heteroatoms. The number of carboxylic acids is 1. The largest absolute Gasteiger partial charge is 0.493 e. The van der Waals surface area contributed by atoms with Crippen molar-refractivity contribution in [2.45, 2.75) is 18.9 Å². The van der Waals surface area contributed by atoms with E-state index in [1.807, 2.05) is 12.1 Å². The summed E-state index contributed by atoms with van der Waals surface area (Å²) in [6, 6.07) is 3.27. The van der Waals surface area contributed by atoms with Crippen LogP contribution in [0.15, 0.2) is 12.1 Å². The Morgan fingerprint density at radius 1 is 1.28 bits per heavy atom. The Balaban J connectivity index is 2.38. The fourth-order valence-electron chi connectivity index (χ4n) is 2.23. The third kappa shape index (κ3) is 2.41. The summed E-state index contributed by atoms with van der Waals surface area (Å²) in [5, 5.41) is 12.1. The van der Waals surface area contributed by atoms with E-state index in [9.17, 15) is 4.79 Å². The number of methoxy groups -OCH3 is 2. The van der Waals surface area contributed by atoms with Crippen molar-refractivity contribution in [1.29, 1.82) is 0 Å². The zero-order valence-electron chi connectivity index (χ0n) is 10.5. The van der Waals surface area contributed by atoms with Crippen molar-refractivity contribution >= 4 is 5.97 Å². The molecule has 2 N–H and O–H groups in total. The van der Waals surface area contributed by atoms with Crippen molar-refractivity contribution < 1.29 is 19.4 Å². The third-order valence-corrected chi connectivity index (χ3v) is 3.21. The molecule has 1 aliphatic heterocycles. The number of hydrogen-bond donors (Lipinski definition) is 2. The number of rotatable bonds is 3. The van der Waals surface area contributed by atoms with Crippen LogP contribution in [0.4, 0.5) is 0 Å². The van der Waals surface area contributed by atoms with Crippen LogP contribution in [-0.4, -0.2) is 37.9 Å². The highest BCUT2D eigenvalue weighted by atomic mass is 16.5. The number of benzene rings is 1. The Hall–Kier alpha value is -1.75. The molecule has 0 bridgehead atoms. The summed E-state index contributed by atoms with van der Waals surface area (Å²) >= 11 is 0. The Morgan fingerprint density at radius 2 is 1.89 bits per heavy atom. The predicted octanol–water partition coefficient (Wildman–Crippen LogP) is 0.845. The van der Waals surface area contributed by atoms with E-state index >= 15 is 0 Å². The van der Waals surface area contributed by atoms with Crippen LogP contribution in [0.5, 0.6) is 11.5 Å². The number of hydrogen-bond acceptors (Lipinski definition) is 4. The van der Waals surface area contributed by atoms with Gasteiger partial charge in [-0.3, -0.25) is 4.79 Å². The SMILES string of the molecule is COc1cc2c(cc1OC)C[C@@H](C(=O)O)NCC2. The van der Waals surface area contributed by atoms with Gasteiger partial charge < -0.3 is 19.9 Å². The quantitative estimate of drug-likeness (QED) is 0.833. The molecular formula is C13H17NO4. The van der Waals surface area contributed by atoms with Crippen LogP contribution >= 0.6 is 0 Å². The molecule has 5 nitrogen and oxygen atoms in total. The van der Waals surface area contributed by atoms with Crippen molar-refractivity contribution in [3.63, 3.8) is 0 Å². The highest BCUT2D eigenvalue weighted by Gasteiger charge is 2.23. The standard InChI is InChI=1S/C13H17NO4/c1-17-11-6-8-3-4-14-10(13(15)16)5-9(8)7-12(11)18-2/h6-7,10,14H,3-5H2,1-2H3,(H,15,16)/t10-/m0/s1. The number of aliphatic carboxylic acids is 1. The van der Waals surface area contributed by atoms with Gasteiger partial charge in [0, 0.05) is 0 Å². The average Bonchev–Trinajstić information content (AvgIpc) is 2.58. The van der Waals surface area contributed by atoms with Crippen LogP contribution in [0, 0.1) is 0 Å². The number of fused-ring (bicyclic) bond motifs is 1. The lowest BCUT2D eigenvalue weighted by molar-refractivity contribution is -0.139. The van der Waals surface area contributed by atoms with Crippen molar-refractivity contribution in [2.75, 3.05) is 20.8 Å². The highest BCUT2D eigenvalue weighted by Crippen LogP contribution is 2.32. The van der Waals surface area contributed by atoms with Gasteiger partial charge in [0.05, 0.1) is 14.2 Å². The summed E-state index contributed by atoms with van der Waals surface area (Å²) in [7, 11) is 3.17. The second-order valence-electron chi connectivity index (χ2n) is 4.27. The highest BCUT2D eigenvalue weighted by molar-refractivity contribution is 5.74. The fourth-order valence-corrected chi connectivity index (χ4v) is 2.23. The smallest absolute Gasteiger partial charge is 0.321 e. The molecule has 0 saturated heterocycles. The summed E-state index contributed by atoms with van der Waals surface area (Å²) < 4.78 is 10.5. The van der Waals surface area contributed by atoms with Crippen LogP contribution in [0.25, 0.3) is 0 Å². The molecule has 0 fully saturated rings. The molecule has 1 aromatic carbocycles. The van der Waals surface area contributed by atoms with Gasteiger partial charge in [-0.2, -0.15) is 0 Å². The fraction of sp³-hybridized carbons (Fsp3) is 0.462. The van der Waals surface area contributed by atoms with Gasteiger partial charge in [0.2, 0.25) is 0 Å². The van der Waals surface area contributed by atoms with Gasteiger partial charge in [-0.1, -0.05) is 0 Å². The summed E-state index contributed by atoms with van der Waals surface area (Å²) in [6.07, 6.45) is 1.25. The molecule has 98 valence electrons. The molecule has 0 amide bonds. The maximum Gasteiger partial charge on any atom is 0.321 e. The minimum Gasteiger partial charge on any atom is -0.493 e. The molecule has 1 aromatic rings. The topological polar surface area (TPSA) is 67.8 Å². The van der Waals surface area contributed by atoms with Gasteiger partial charge in [0.1, 0.15) is 6.04 Å². The first-order chi connectivity index (χ1) is 8.65. The van der Waals surface area contributed by atoms with Crippen molar-refractivity contribution in [3.05, 3.63) is 23.3 Å². The zero-order valence-corrected chi connectivity index (χ0v) is 10.5. The minimum atomic E-state index is -0.822. The van der Waals surface area contributed by atoms with Crippen molar-refractivity contribution in [1.82, 2.24) is 5.32 Å². The Kier molecular flexibility index (Phi) is 3.72. The second kappa shape index (κ2) is 5.27. The van der Waals surface area contributed by atoms with Crippen LogP contribution in [0.3, 0.4) is 0 Å². The maximum absolute atomic E-state index is 11.1. The molecule has 0 radical (unpaired) electrons. The molecular weight excluding hydrogens is 234 g/mol. The monoisotopic (exact) mass is 251 g/mol. The number of ether oxygens (including phenoxy) is 2. The van der Waals surface area contributed by atoms with Gasteiger partial charge >= 0.3 is 5.97 Å². The van der Waals surface area contributed by atoms with Crippen LogP contribution in [0.1, 0.15) is 11.1 Å². The van der Waals surface area contributed by atoms with Crippen LogP contribution in [-0.2, 0) is 17.6 Å². The average molecular weight is 251 g/mol. The number of nitrogens with one attached hydrogen (secondary N) is 1. The number of carbonyl (C=O) groups is 1. The lowest BCUT2D eigenvalue weighted by Gasteiger charge is -2.14. The number of carboxylic acid groups (broad SMARTS) is 1. The second-order valence-corrected chi connectivity index (χ2v) is 4.27. The molecule has 0 aliphatic carbocycles. The lowest BCUT2D eigenvalue weighted by atomic mass is 9.99. The normalized spacial score (nSPS) is 18.7. The van der Waals surface area contributed by atoms with E-state index in [2.05, 4.69) is 5.32 Å². The summed E-state index contributed by atoms with van der Waals surface area (Å²) in [4.78, 5) is 11.1. The van der Waals surface area contributed by atoms with E-state index in [4.69, 9.17) is 14.6 Å². The van der Waals surface area contributed by atoms with Gasteiger partial charge in [-0.15, -0.1) is 0 Å². The first kappa shape index (κ1) is 12.7. The van der Waals surface area contributed by atoms with Gasteiger partial charge in [0.25, 0.3) is 0 Å². The van der Waals surface area contributed by atoms with E-state index in [1.165, 1.54) is 0 Å². The molecule has 0 aromatic heterocycles. The van der Waals surface area contributed by atoms with E-state index < -0.39 is 12.0 Å². The Morgan fingerprint density at radius 3 is 2.44 bits per heavy atom. The Bertz CT molecular complexity index is 459. The van der Waals surface area contributed by atoms with Gasteiger partial charge in [-0.05, 0) is 42.6 Å². The van der Waals surface area contributed by atoms with Gasteiger partial charge in [0.15, 0.2) is 11.5 Å². The van der Waals surface area contributed by atoms with Gasteiger partial charge in [-0.25, -0.2) is 0 Å². The molecule has 1 heterocycles. The summed E-state index contributed by atoms with van der Waals surface area (Å²) in [5.41, 5.74) is 2.12. The molecule has 0 unspecified atom stereocenters. The molecule has 2 rings (SSSR count). The lowest BCUT2D eigenvalue weighted by Crippen LogP contribution is -2.37. The summed E-state index contributed by atoms with van der Waals surface area (Å²) in [6.45, 7) is 0.652. The molecule has 0 spiro atoms. The van der Waals surface area contributed by atoms with Crippen LogP contribution < -0.4 is 14.8 Å². The third-order valence-electron chi connectivity index (χ3n) is 3.21. The minimum absolute atomic E-state index is 0.463. The van der Waals surface area contributed by atoms with Crippen molar-refractivity contribution in [3.8, 4) is 11.5 Å². The summed E-state index contributed by atoms with van der Waals surface area (Å²) in [5.74, 6) is 0.505. The van der Waals surface area contributed by atoms with Crippen LogP contribution in [0.2, 0.25) is 0 Å². The first-order valence-corrected chi connectivity index (χ1v) is 5.85. The van der Waals surface area contributed by atoms with E-state index in [0.717, 1.165) is 17.5 Å². The maximum atomic E-state index is 11.1.